The van der Waals surface area contributed by atoms with E-state index in [1.807, 2.05) is 0 Å². The van der Waals surface area contributed by atoms with E-state index >= 15 is 0 Å². The van der Waals surface area contributed by atoms with Gasteiger partial charge in [-0.25, -0.2) is 4.39 Å². The van der Waals surface area contributed by atoms with Crippen molar-refractivity contribution in [2.75, 3.05) is 0 Å². The van der Waals surface area contributed by atoms with Gasteiger partial charge in [0, 0.05) is 12.1 Å². The maximum atomic E-state index is 13.0. The van der Waals surface area contributed by atoms with Crippen molar-refractivity contribution in [1.29, 1.82) is 0 Å². The van der Waals surface area contributed by atoms with Crippen molar-refractivity contribution >= 4 is 21.6 Å². The van der Waals surface area contributed by atoms with Crippen LogP contribution in [0.15, 0.2) is 46.9 Å². The first-order valence-electron chi connectivity index (χ1n) is 4.93. The minimum Gasteiger partial charge on any atom is -0.457 e. The Hall–Kier alpha value is -1.95. The molecule has 0 aliphatic rings. The van der Waals surface area contributed by atoms with Crippen LogP contribution < -0.4 is 4.74 Å². The van der Waals surface area contributed by atoms with Gasteiger partial charge in [0.05, 0.1) is 9.40 Å². The van der Waals surface area contributed by atoms with Gasteiger partial charge in [0.1, 0.15) is 17.3 Å². The van der Waals surface area contributed by atoms with Crippen molar-refractivity contribution < 1.29 is 14.1 Å². The van der Waals surface area contributed by atoms with E-state index in [9.17, 15) is 14.5 Å². The van der Waals surface area contributed by atoms with Crippen LogP contribution in [0.2, 0.25) is 0 Å². The number of ether oxygens (including phenoxy) is 1. The SMILES string of the molecule is O=[N+]([O-])c1ccc(Oc2ccc(F)c(Br)c2)cc1. The van der Waals surface area contributed by atoms with E-state index in [1.54, 1.807) is 0 Å². The molecule has 92 valence electrons. The number of nitrogens with zero attached hydrogens (tertiary/aromatic N) is 1. The number of benzene rings is 2. The second kappa shape index (κ2) is 5.14. The summed E-state index contributed by atoms with van der Waals surface area (Å²) in [7, 11) is 0. The highest BCUT2D eigenvalue weighted by atomic mass is 79.9. The molecule has 0 saturated carbocycles. The summed E-state index contributed by atoms with van der Waals surface area (Å²) in [5.74, 6) is 0.502. The molecule has 4 nitrogen and oxygen atoms in total. The number of nitro groups is 1. The summed E-state index contributed by atoms with van der Waals surface area (Å²) in [5, 5.41) is 10.5. The molecule has 2 aromatic carbocycles. The molecule has 0 amide bonds. The van der Waals surface area contributed by atoms with E-state index < -0.39 is 4.92 Å². The molecule has 0 aromatic heterocycles. The molecule has 0 spiro atoms. The average molecular weight is 312 g/mol. The van der Waals surface area contributed by atoms with Crippen molar-refractivity contribution in [1.82, 2.24) is 0 Å². The lowest BCUT2D eigenvalue weighted by molar-refractivity contribution is -0.384. The van der Waals surface area contributed by atoms with Gasteiger partial charge in [-0.05, 0) is 46.3 Å². The van der Waals surface area contributed by atoms with Gasteiger partial charge in [-0.1, -0.05) is 0 Å². The number of non-ortho nitro benzene ring substituents is 1. The Labute approximate surface area is 110 Å². The fourth-order valence-electron chi connectivity index (χ4n) is 1.31. The summed E-state index contributed by atoms with van der Waals surface area (Å²) >= 11 is 3.05. The average Bonchev–Trinajstić information content (AvgIpc) is 2.34. The van der Waals surface area contributed by atoms with Crippen molar-refractivity contribution in [2.24, 2.45) is 0 Å². The molecule has 0 heterocycles. The quantitative estimate of drug-likeness (QED) is 0.627. The van der Waals surface area contributed by atoms with E-state index in [1.165, 1.54) is 42.5 Å². The van der Waals surface area contributed by atoms with Gasteiger partial charge >= 0.3 is 0 Å². The zero-order chi connectivity index (χ0) is 13.1. The molecule has 2 rings (SSSR count). The van der Waals surface area contributed by atoms with Gasteiger partial charge < -0.3 is 4.74 Å². The van der Waals surface area contributed by atoms with Gasteiger partial charge in [0.25, 0.3) is 5.69 Å². The Morgan fingerprint density at radius 2 is 1.72 bits per heavy atom. The van der Waals surface area contributed by atoms with E-state index in [2.05, 4.69) is 15.9 Å². The summed E-state index contributed by atoms with van der Waals surface area (Å²) in [6, 6.07) is 9.87. The second-order valence-corrected chi connectivity index (χ2v) is 4.28. The fraction of sp³-hybridized carbons (Fsp3) is 0. The number of nitro benzene ring substituents is 1. The summed E-state index contributed by atoms with van der Waals surface area (Å²) in [4.78, 5) is 9.98. The summed E-state index contributed by atoms with van der Waals surface area (Å²) in [6.45, 7) is 0. The number of hydrogen-bond donors (Lipinski definition) is 0. The maximum absolute atomic E-state index is 13.0. The predicted molar refractivity (Wildman–Crippen MR) is 67.3 cm³/mol. The summed E-state index contributed by atoms with van der Waals surface area (Å²) in [5.41, 5.74) is -0.0114. The van der Waals surface area contributed by atoms with Gasteiger partial charge in [-0.2, -0.15) is 0 Å². The van der Waals surface area contributed by atoms with Crippen molar-refractivity contribution in [3.8, 4) is 11.5 Å². The van der Waals surface area contributed by atoms with E-state index in [0.29, 0.717) is 16.0 Å². The van der Waals surface area contributed by atoms with Gasteiger partial charge in [-0.3, -0.25) is 10.1 Å². The first-order chi connectivity index (χ1) is 8.56. The standard InChI is InChI=1S/C12H7BrFNO3/c13-11-7-10(5-6-12(11)14)18-9-3-1-8(2-4-9)15(16)17/h1-7H. The lowest BCUT2D eigenvalue weighted by Gasteiger charge is -2.05. The minimum atomic E-state index is -0.488. The van der Waals surface area contributed by atoms with Crippen LogP contribution in [0.25, 0.3) is 0 Å². The third kappa shape index (κ3) is 2.84. The van der Waals surface area contributed by atoms with Crippen LogP contribution in [0.3, 0.4) is 0 Å². The number of rotatable bonds is 3. The molecule has 0 unspecified atom stereocenters. The second-order valence-electron chi connectivity index (χ2n) is 3.43. The lowest BCUT2D eigenvalue weighted by atomic mass is 10.3. The van der Waals surface area contributed by atoms with Crippen LogP contribution in [0.4, 0.5) is 10.1 Å². The summed E-state index contributed by atoms with van der Waals surface area (Å²) < 4.78 is 18.7. The van der Waals surface area contributed by atoms with Crippen LogP contribution >= 0.6 is 15.9 Å². The maximum Gasteiger partial charge on any atom is 0.269 e. The third-order valence-corrected chi connectivity index (χ3v) is 2.78. The summed E-state index contributed by atoms with van der Waals surface area (Å²) in [6.07, 6.45) is 0. The number of hydrogen-bond acceptors (Lipinski definition) is 3. The Bertz CT molecular complexity index is 586. The Morgan fingerprint density at radius 3 is 2.28 bits per heavy atom. The van der Waals surface area contributed by atoms with E-state index in [-0.39, 0.29) is 11.5 Å². The fourth-order valence-corrected chi connectivity index (χ4v) is 1.67. The highest BCUT2D eigenvalue weighted by molar-refractivity contribution is 9.10. The van der Waals surface area contributed by atoms with Gasteiger partial charge in [0.2, 0.25) is 0 Å². The van der Waals surface area contributed by atoms with Crippen LogP contribution in [0, 0.1) is 15.9 Å². The van der Waals surface area contributed by atoms with Crippen LogP contribution in [0.5, 0.6) is 11.5 Å². The molecular formula is C12H7BrFNO3. The Balaban J connectivity index is 2.18. The first kappa shape index (κ1) is 12.5. The highest BCUT2D eigenvalue weighted by Crippen LogP contribution is 2.27. The minimum absolute atomic E-state index is 0.0114. The molecule has 2 aromatic rings. The molecule has 0 saturated heterocycles. The van der Waals surface area contributed by atoms with E-state index in [4.69, 9.17) is 4.74 Å². The highest BCUT2D eigenvalue weighted by Gasteiger charge is 2.06. The smallest absolute Gasteiger partial charge is 0.269 e. The zero-order valence-electron chi connectivity index (χ0n) is 8.97. The molecular weight excluding hydrogens is 305 g/mol. The lowest BCUT2D eigenvalue weighted by Crippen LogP contribution is -1.89. The number of halogens is 2. The topological polar surface area (TPSA) is 52.4 Å². The van der Waals surface area contributed by atoms with Crippen molar-refractivity contribution in [3.05, 3.63) is 62.9 Å². The van der Waals surface area contributed by atoms with Crippen LogP contribution in [-0.4, -0.2) is 4.92 Å². The van der Waals surface area contributed by atoms with Crippen molar-refractivity contribution in [2.45, 2.75) is 0 Å². The van der Waals surface area contributed by atoms with E-state index in [0.717, 1.165) is 0 Å². The molecule has 0 radical (unpaired) electrons. The van der Waals surface area contributed by atoms with Gasteiger partial charge in [0.15, 0.2) is 0 Å². The van der Waals surface area contributed by atoms with Crippen LogP contribution in [0.1, 0.15) is 0 Å². The molecule has 0 N–H and O–H groups in total. The molecule has 6 heteroatoms. The third-order valence-electron chi connectivity index (χ3n) is 2.17. The van der Waals surface area contributed by atoms with Crippen molar-refractivity contribution in [3.63, 3.8) is 0 Å². The molecule has 0 bridgehead atoms. The largest absolute Gasteiger partial charge is 0.457 e. The monoisotopic (exact) mass is 311 g/mol. The molecule has 0 fully saturated rings. The first-order valence-corrected chi connectivity index (χ1v) is 5.73. The normalized spacial score (nSPS) is 10.1. The molecule has 0 aliphatic carbocycles. The van der Waals surface area contributed by atoms with Gasteiger partial charge in [-0.15, -0.1) is 0 Å². The molecule has 18 heavy (non-hydrogen) atoms. The molecule has 0 atom stereocenters. The Morgan fingerprint density at radius 1 is 1.11 bits per heavy atom. The predicted octanol–water partition coefficient (Wildman–Crippen LogP) is 4.29. The Kier molecular flexibility index (Phi) is 3.57. The van der Waals surface area contributed by atoms with Crippen LogP contribution in [-0.2, 0) is 0 Å². The molecule has 0 aliphatic heterocycles. The zero-order valence-corrected chi connectivity index (χ0v) is 10.6.